The number of ether oxygens (including phenoxy) is 1. The molecule has 0 spiro atoms. The van der Waals surface area contributed by atoms with Crippen LogP contribution >= 0.6 is 0 Å². The lowest BCUT2D eigenvalue weighted by Gasteiger charge is -2.20. The number of benzene rings is 1. The number of hydrogen-bond acceptors (Lipinski definition) is 3. The predicted octanol–water partition coefficient (Wildman–Crippen LogP) is 2.20. The molecule has 0 aromatic heterocycles. The third-order valence-electron chi connectivity index (χ3n) is 2.46. The highest BCUT2D eigenvalue weighted by atomic mass is 16.5. The topological polar surface area (TPSA) is 41.5 Å². The van der Waals surface area contributed by atoms with E-state index in [1.54, 1.807) is 0 Å². The van der Waals surface area contributed by atoms with E-state index in [0.717, 1.165) is 12.1 Å². The average molecular weight is 251 g/mol. The largest absolute Gasteiger partial charge is 0.389 e. The Morgan fingerprint density at radius 3 is 2.50 bits per heavy atom. The van der Waals surface area contributed by atoms with Crippen molar-refractivity contribution >= 4 is 0 Å². The first-order chi connectivity index (χ1) is 8.47. The molecule has 1 rings (SSSR count). The maximum absolute atomic E-state index is 9.74. The van der Waals surface area contributed by atoms with Gasteiger partial charge in [0.2, 0.25) is 0 Å². The van der Waals surface area contributed by atoms with E-state index in [4.69, 9.17) is 4.74 Å². The number of aliphatic hydroxyl groups excluding tert-OH is 1. The SMILES string of the molecule is CC(C)(C)CNCC(O)COCc1ccccc1. The molecule has 1 atom stereocenters. The molecule has 3 nitrogen and oxygen atoms in total. The van der Waals surface area contributed by atoms with Crippen LogP contribution in [0.25, 0.3) is 0 Å². The van der Waals surface area contributed by atoms with Crippen molar-refractivity contribution in [3.8, 4) is 0 Å². The van der Waals surface area contributed by atoms with E-state index in [9.17, 15) is 5.11 Å². The van der Waals surface area contributed by atoms with Gasteiger partial charge < -0.3 is 15.2 Å². The molecular weight excluding hydrogens is 226 g/mol. The minimum Gasteiger partial charge on any atom is -0.389 e. The molecule has 0 radical (unpaired) electrons. The molecule has 0 aliphatic heterocycles. The van der Waals surface area contributed by atoms with Gasteiger partial charge in [-0.2, -0.15) is 0 Å². The van der Waals surface area contributed by atoms with Crippen molar-refractivity contribution in [2.24, 2.45) is 5.41 Å². The molecule has 102 valence electrons. The van der Waals surface area contributed by atoms with Gasteiger partial charge >= 0.3 is 0 Å². The van der Waals surface area contributed by atoms with Crippen LogP contribution in [0.1, 0.15) is 26.3 Å². The summed E-state index contributed by atoms with van der Waals surface area (Å²) in [6.45, 7) is 8.88. The Kier molecular flexibility index (Phi) is 6.33. The molecular formula is C15H25NO2. The second-order valence-electron chi connectivity index (χ2n) is 5.85. The van der Waals surface area contributed by atoms with Crippen LogP contribution in [0.4, 0.5) is 0 Å². The fourth-order valence-corrected chi connectivity index (χ4v) is 1.56. The quantitative estimate of drug-likeness (QED) is 0.780. The molecule has 0 fully saturated rings. The highest BCUT2D eigenvalue weighted by Crippen LogP contribution is 2.10. The van der Waals surface area contributed by atoms with E-state index in [1.165, 1.54) is 0 Å². The van der Waals surface area contributed by atoms with Gasteiger partial charge in [0.15, 0.2) is 0 Å². The number of rotatable bonds is 7. The Balaban J connectivity index is 2.09. The lowest BCUT2D eigenvalue weighted by Crippen LogP contribution is -2.35. The summed E-state index contributed by atoms with van der Waals surface area (Å²) < 4.78 is 5.47. The summed E-state index contributed by atoms with van der Waals surface area (Å²) >= 11 is 0. The van der Waals surface area contributed by atoms with E-state index in [1.807, 2.05) is 30.3 Å². The second kappa shape index (κ2) is 7.52. The van der Waals surface area contributed by atoms with Gasteiger partial charge in [-0.3, -0.25) is 0 Å². The Morgan fingerprint density at radius 2 is 1.89 bits per heavy atom. The molecule has 0 aliphatic carbocycles. The predicted molar refractivity (Wildman–Crippen MR) is 74.4 cm³/mol. The van der Waals surface area contributed by atoms with Crippen molar-refractivity contribution in [3.63, 3.8) is 0 Å². The smallest absolute Gasteiger partial charge is 0.0897 e. The van der Waals surface area contributed by atoms with Gasteiger partial charge in [-0.25, -0.2) is 0 Å². The van der Waals surface area contributed by atoms with E-state index in [-0.39, 0.29) is 5.41 Å². The Labute approximate surface area is 110 Å². The van der Waals surface area contributed by atoms with Gasteiger partial charge in [0, 0.05) is 13.1 Å². The van der Waals surface area contributed by atoms with Crippen LogP contribution in [0.5, 0.6) is 0 Å². The van der Waals surface area contributed by atoms with Crippen molar-refractivity contribution in [1.29, 1.82) is 0 Å². The first-order valence-corrected chi connectivity index (χ1v) is 6.48. The van der Waals surface area contributed by atoms with Crippen molar-refractivity contribution < 1.29 is 9.84 Å². The van der Waals surface area contributed by atoms with Crippen LogP contribution < -0.4 is 5.32 Å². The number of nitrogens with one attached hydrogen (secondary N) is 1. The van der Waals surface area contributed by atoms with Crippen molar-refractivity contribution in [2.75, 3.05) is 19.7 Å². The van der Waals surface area contributed by atoms with Crippen LogP contribution in [0, 0.1) is 5.41 Å². The molecule has 1 aromatic carbocycles. The van der Waals surface area contributed by atoms with E-state index < -0.39 is 6.10 Å². The van der Waals surface area contributed by atoms with E-state index in [2.05, 4.69) is 26.1 Å². The zero-order valence-corrected chi connectivity index (χ0v) is 11.6. The van der Waals surface area contributed by atoms with Gasteiger partial charge in [-0.15, -0.1) is 0 Å². The van der Waals surface area contributed by atoms with Crippen LogP contribution in [0.3, 0.4) is 0 Å². The third-order valence-corrected chi connectivity index (χ3v) is 2.46. The molecule has 0 saturated heterocycles. The molecule has 0 saturated carbocycles. The highest BCUT2D eigenvalue weighted by Gasteiger charge is 2.10. The molecule has 0 aliphatic rings. The molecule has 18 heavy (non-hydrogen) atoms. The van der Waals surface area contributed by atoms with Gasteiger partial charge in [0.05, 0.1) is 19.3 Å². The van der Waals surface area contributed by atoms with Crippen LogP contribution in [0.2, 0.25) is 0 Å². The fourth-order valence-electron chi connectivity index (χ4n) is 1.56. The second-order valence-corrected chi connectivity index (χ2v) is 5.85. The summed E-state index contributed by atoms with van der Waals surface area (Å²) in [5.41, 5.74) is 1.37. The first-order valence-electron chi connectivity index (χ1n) is 6.48. The van der Waals surface area contributed by atoms with Crippen molar-refractivity contribution in [1.82, 2.24) is 5.32 Å². The zero-order valence-electron chi connectivity index (χ0n) is 11.6. The summed E-state index contributed by atoms with van der Waals surface area (Å²) in [5, 5.41) is 13.0. The normalized spacial score (nSPS) is 13.6. The van der Waals surface area contributed by atoms with Gasteiger partial charge in [0.25, 0.3) is 0 Å². The molecule has 0 amide bonds. The minimum absolute atomic E-state index is 0.241. The molecule has 3 heteroatoms. The maximum Gasteiger partial charge on any atom is 0.0897 e. The molecule has 1 unspecified atom stereocenters. The summed E-state index contributed by atoms with van der Waals surface area (Å²) in [6.07, 6.45) is -0.448. The Hall–Kier alpha value is -0.900. The third kappa shape index (κ3) is 7.43. The minimum atomic E-state index is -0.448. The summed E-state index contributed by atoms with van der Waals surface area (Å²) in [7, 11) is 0. The van der Waals surface area contributed by atoms with Crippen molar-refractivity contribution in [2.45, 2.75) is 33.5 Å². The molecule has 0 bridgehead atoms. The van der Waals surface area contributed by atoms with Crippen LogP contribution in [-0.4, -0.2) is 30.9 Å². The van der Waals surface area contributed by atoms with E-state index in [0.29, 0.717) is 19.8 Å². The lowest BCUT2D eigenvalue weighted by molar-refractivity contribution is 0.0281. The first kappa shape index (κ1) is 15.2. The highest BCUT2D eigenvalue weighted by molar-refractivity contribution is 5.13. The molecule has 0 heterocycles. The van der Waals surface area contributed by atoms with Gasteiger partial charge in [-0.1, -0.05) is 51.1 Å². The van der Waals surface area contributed by atoms with Gasteiger partial charge in [0.1, 0.15) is 0 Å². The fraction of sp³-hybridized carbons (Fsp3) is 0.600. The Morgan fingerprint density at radius 1 is 1.22 bits per heavy atom. The number of hydrogen-bond donors (Lipinski definition) is 2. The van der Waals surface area contributed by atoms with Gasteiger partial charge in [-0.05, 0) is 11.0 Å². The average Bonchev–Trinajstić information content (AvgIpc) is 2.28. The van der Waals surface area contributed by atoms with E-state index >= 15 is 0 Å². The Bertz CT molecular complexity index is 319. The summed E-state index contributed by atoms with van der Waals surface area (Å²) in [5.74, 6) is 0. The summed E-state index contributed by atoms with van der Waals surface area (Å²) in [6, 6.07) is 9.99. The zero-order chi connectivity index (χ0) is 13.4. The molecule has 1 aromatic rings. The monoisotopic (exact) mass is 251 g/mol. The lowest BCUT2D eigenvalue weighted by atomic mass is 9.97. The summed E-state index contributed by atoms with van der Waals surface area (Å²) in [4.78, 5) is 0. The maximum atomic E-state index is 9.74. The van der Waals surface area contributed by atoms with Crippen LogP contribution in [0.15, 0.2) is 30.3 Å². The molecule has 2 N–H and O–H groups in total. The standard InChI is InChI=1S/C15H25NO2/c1-15(2,3)12-16-9-14(17)11-18-10-13-7-5-4-6-8-13/h4-8,14,16-17H,9-12H2,1-3H3. The van der Waals surface area contributed by atoms with Crippen LogP contribution in [-0.2, 0) is 11.3 Å². The number of aliphatic hydroxyl groups is 1. The van der Waals surface area contributed by atoms with Crippen molar-refractivity contribution in [3.05, 3.63) is 35.9 Å².